The number of piperidine rings is 1. The minimum Gasteiger partial charge on any atom is -0.350 e. The lowest BCUT2D eigenvalue weighted by molar-refractivity contribution is -0.175. The van der Waals surface area contributed by atoms with Crippen molar-refractivity contribution in [3.63, 3.8) is 0 Å². The highest BCUT2D eigenvalue weighted by Gasteiger charge is 2.48. The Hall–Kier alpha value is -3.32. The third-order valence-corrected chi connectivity index (χ3v) is 7.90. The fraction of sp³-hybridized carbons (Fsp3) is 0.583. The molecule has 1 saturated heterocycles. The van der Waals surface area contributed by atoms with Gasteiger partial charge in [0.1, 0.15) is 11.9 Å². The topological polar surface area (TPSA) is 84.9 Å². The highest BCUT2D eigenvalue weighted by molar-refractivity contribution is 5.37. The Morgan fingerprint density at radius 1 is 0.974 bits per heavy atom. The van der Waals surface area contributed by atoms with E-state index in [0.717, 1.165) is 29.7 Å². The first-order valence-corrected chi connectivity index (χ1v) is 12.5. The number of anilines is 2. The van der Waals surface area contributed by atoms with E-state index in [9.17, 15) is 26.3 Å². The Kier molecular flexibility index (Phi) is 5.83. The molecule has 6 rings (SSSR count). The van der Waals surface area contributed by atoms with Gasteiger partial charge in [0, 0.05) is 25.0 Å². The molecule has 38 heavy (non-hydrogen) atoms. The molecule has 0 radical (unpaired) electrons. The lowest BCUT2D eigenvalue weighted by Crippen LogP contribution is -2.48. The maximum absolute atomic E-state index is 13.9. The maximum atomic E-state index is 13.9. The quantitative estimate of drug-likeness (QED) is 0.446. The summed E-state index contributed by atoms with van der Waals surface area (Å²) in [6.07, 6.45) is -7.59. The van der Waals surface area contributed by atoms with E-state index in [1.165, 1.54) is 12.1 Å². The smallest absolute Gasteiger partial charge is 0.350 e. The minimum absolute atomic E-state index is 0.0108. The number of hydrogen-bond donors (Lipinski definition) is 1. The van der Waals surface area contributed by atoms with E-state index in [-0.39, 0.29) is 48.1 Å². The number of halogens is 6. The van der Waals surface area contributed by atoms with E-state index in [2.05, 4.69) is 25.5 Å². The highest BCUT2D eigenvalue weighted by Crippen LogP contribution is 2.45. The minimum atomic E-state index is -4.56. The number of alkyl halides is 6. The van der Waals surface area contributed by atoms with Crippen LogP contribution in [-0.4, -0.2) is 50.2 Å². The lowest BCUT2D eigenvalue weighted by Gasteiger charge is -2.37. The van der Waals surface area contributed by atoms with E-state index in [1.807, 2.05) is 4.90 Å². The molecule has 5 atom stereocenters. The molecule has 0 amide bonds. The SMILES string of the molecule is Cc1noc(N2CC3CC[C@@H](C2)[C@@H]3Nc2nc3n(n2)C(C(F)(F)F)CCC3c2cccc(C(F)(F)F)c2)n1. The van der Waals surface area contributed by atoms with E-state index >= 15 is 0 Å². The Bertz CT molecular complexity index is 1300. The number of aryl methyl sites for hydroxylation is 1. The highest BCUT2D eigenvalue weighted by atomic mass is 19.4. The molecular formula is C24H25F6N7O. The molecule has 2 fully saturated rings. The van der Waals surface area contributed by atoms with Crippen molar-refractivity contribution in [3.8, 4) is 0 Å². The molecule has 2 aromatic heterocycles. The van der Waals surface area contributed by atoms with Crippen LogP contribution in [0.5, 0.6) is 0 Å². The van der Waals surface area contributed by atoms with Crippen molar-refractivity contribution in [3.05, 3.63) is 47.0 Å². The van der Waals surface area contributed by atoms with Crippen molar-refractivity contribution in [1.29, 1.82) is 0 Å². The lowest BCUT2D eigenvalue weighted by atomic mass is 9.87. The average Bonchev–Trinajstić information content (AvgIpc) is 3.53. The molecule has 0 spiro atoms. The number of aromatic nitrogens is 5. The summed E-state index contributed by atoms with van der Waals surface area (Å²) >= 11 is 0. The third-order valence-electron chi connectivity index (χ3n) is 7.90. The first-order chi connectivity index (χ1) is 18.0. The van der Waals surface area contributed by atoms with Gasteiger partial charge in [-0.05, 0) is 56.1 Å². The van der Waals surface area contributed by atoms with Crippen molar-refractivity contribution in [2.75, 3.05) is 23.3 Å². The molecule has 3 aromatic rings. The molecule has 2 aliphatic heterocycles. The molecule has 4 heterocycles. The Labute approximate surface area is 213 Å². The van der Waals surface area contributed by atoms with E-state index in [4.69, 9.17) is 4.52 Å². The van der Waals surface area contributed by atoms with Gasteiger partial charge < -0.3 is 14.7 Å². The number of benzene rings is 1. The predicted molar refractivity (Wildman–Crippen MR) is 123 cm³/mol. The molecule has 204 valence electrons. The zero-order valence-electron chi connectivity index (χ0n) is 20.3. The number of nitrogens with one attached hydrogen (secondary N) is 1. The van der Waals surface area contributed by atoms with Gasteiger partial charge in [-0.15, -0.1) is 5.10 Å². The first-order valence-electron chi connectivity index (χ1n) is 12.5. The normalized spacial score (nSPS) is 27.4. The van der Waals surface area contributed by atoms with Gasteiger partial charge in [0.25, 0.3) is 0 Å². The van der Waals surface area contributed by atoms with Gasteiger partial charge in [-0.3, -0.25) is 0 Å². The van der Waals surface area contributed by atoms with E-state index in [0.29, 0.717) is 24.9 Å². The molecule has 1 aromatic carbocycles. The van der Waals surface area contributed by atoms with Crippen molar-refractivity contribution in [2.24, 2.45) is 11.8 Å². The summed E-state index contributed by atoms with van der Waals surface area (Å²) in [5.41, 5.74) is -0.582. The second kappa shape index (κ2) is 8.87. The van der Waals surface area contributed by atoms with Gasteiger partial charge in [0.15, 0.2) is 5.82 Å². The van der Waals surface area contributed by atoms with Gasteiger partial charge in [-0.2, -0.15) is 36.3 Å². The van der Waals surface area contributed by atoms with Crippen LogP contribution < -0.4 is 10.2 Å². The van der Waals surface area contributed by atoms with Crippen molar-refractivity contribution < 1.29 is 30.9 Å². The second-order valence-electron chi connectivity index (χ2n) is 10.3. The second-order valence-corrected chi connectivity index (χ2v) is 10.3. The molecule has 2 bridgehead atoms. The van der Waals surface area contributed by atoms with Gasteiger partial charge in [-0.1, -0.05) is 23.4 Å². The first kappa shape index (κ1) is 25.0. The van der Waals surface area contributed by atoms with Crippen LogP contribution in [0.2, 0.25) is 0 Å². The summed E-state index contributed by atoms with van der Waals surface area (Å²) in [7, 11) is 0. The average molecular weight is 542 g/mol. The molecular weight excluding hydrogens is 516 g/mol. The van der Waals surface area contributed by atoms with Crippen LogP contribution >= 0.6 is 0 Å². The molecule has 14 heteroatoms. The van der Waals surface area contributed by atoms with Crippen LogP contribution in [0.4, 0.5) is 38.3 Å². The number of nitrogens with zero attached hydrogens (tertiary/aromatic N) is 6. The van der Waals surface area contributed by atoms with Crippen LogP contribution in [0.15, 0.2) is 28.8 Å². The summed E-state index contributed by atoms with van der Waals surface area (Å²) in [6, 6.07) is 3.20. The summed E-state index contributed by atoms with van der Waals surface area (Å²) in [6.45, 7) is 3.02. The fourth-order valence-electron chi connectivity index (χ4n) is 6.17. The van der Waals surface area contributed by atoms with Crippen LogP contribution in [0.1, 0.15) is 60.4 Å². The summed E-state index contributed by atoms with van der Waals surface area (Å²) in [4.78, 5) is 10.8. The van der Waals surface area contributed by atoms with Gasteiger partial charge in [0.2, 0.25) is 5.95 Å². The van der Waals surface area contributed by atoms with Crippen LogP contribution in [0.25, 0.3) is 0 Å². The third kappa shape index (κ3) is 4.47. The molecule has 1 saturated carbocycles. The summed E-state index contributed by atoms with van der Waals surface area (Å²) < 4.78 is 87.8. The number of hydrogen-bond acceptors (Lipinski definition) is 7. The van der Waals surface area contributed by atoms with Crippen LogP contribution in [-0.2, 0) is 6.18 Å². The van der Waals surface area contributed by atoms with Gasteiger partial charge in [-0.25, -0.2) is 4.68 Å². The number of rotatable bonds is 4. The maximum Gasteiger partial charge on any atom is 0.416 e. The summed E-state index contributed by atoms with van der Waals surface area (Å²) in [5, 5.41) is 11.3. The van der Waals surface area contributed by atoms with Crippen molar-refractivity contribution in [1.82, 2.24) is 24.9 Å². The Balaban J connectivity index is 1.28. The zero-order valence-corrected chi connectivity index (χ0v) is 20.3. The van der Waals surface area contributed by atoms with Gasteiger partial charge in [0.05, 0.1) is 5.56 Å². The monoisotopic (exact) mass is 541 g/mol. The Morgan fingerprint density at radius 2 is 1.71 bits per heavy atom. The zero-order chi connectivity index (χ0) is 26.8. The molecule has 3 aliphatic rings. The molecule has 8 nitrogen and oxygen atoms in total. The van der Waals surface area contributed by atoms with E-state index in [1.54, 1.807) is 6.92 Å². The largest absolute Gasteiger partial charge is 0.416 e. The van der Waals surface area contributed by atoms with Crippen molar-refractivity contribution >= 4 is 12.0 Å². The number of fused-ring (bicyclic) bond motifs is 3. The van der Waals surface area contributed by atoms with E-state index < -0.39 is 29.9 Å². The molecule has 3 unspecified atom stereocenters. The molecule has 1 aliphatic carbocycles. The van der Waals surface area contributed by atoms with Crippen molar-refractivity contribution in [2.45, 2.75) is 63.0 Å². The summed E-state index contributed by atoms with van der Waals surface area (Å²) in [5.74, 6) is 0.218. The van der Waals surface area contributed by atoms with Gasteiger partial charge >= 0.3 is 18.4 Å². The molecule has 1 N–H and O–H groups in total. The predicted octanol–water partition coefficient (Wildman–Crippen LogP) is 5.34. The fourth-order valence-corrected chi connectivity index (χ4v) is 6.17. The van der Waals surface area contributed by atoms with Crippen LogP contribution in [0.3, 0.4) is 0 Å². The standard InChI is InChI=1S/C24H25F6N7O/c1-12-31-22(38-35-12)36-10-14-5-6-15(11-36)19(14)32-21-33-20-17(7-8-18(24(28,29)30)37(20)34-21)13-3-2-4-16(9-13)23(25,26)27/h2-4,9,14-15,17-19H,5-8,10-11H2,1H3,(H,32,34)/t14-,15?,17?,18?,19-/m0/s1. The Morgan fingerprint density at radius 3 is 2.34 bits per heavy atom. The van der Waals surface area contributed by atoms with Crippen LogP contribution in [0, 0.1) is 18.8 Å².